The van der Waals surface area contributed by atoms with Gasteiger partial charge in [0.1, 0.15) is 18.9 Å². The maximum atomic E-state index is 12.0. The molecule has 21 heavy (non-hydrogen) atoms. The summed E-state index contributed by atoms with van der Waals surface area (Å²) in [5, 5.41) is 0. The summed E-state index contributed by atoms with van der Waals surface area (Å²) in [6.45, 7) is 0.0453. The fraction of sp³-hybridized carbons (Fsp3) is 0.400. The molecule has 1 aromatic rings. The van der Waals surface area contributed by atoms with Crippen molar-refractivity contribution >= 4 is 18.3 Å². The lowest BCUT2D eigenvalue weighted by atomic mass is 10.1. The van der Waals surface area contributed by atoms with Crippen LogP contribution < -0.4 is 0 Å². The SMILES string of the molecule is O=CCCCC1C(=O)OCN1C(=O)OCc1ccccc1. The van der Waals surface area contributed by atoms with Gasteiger partial charge in [-0.25, -0.2) is 9.59 Å². The first-order chi connectivity index (χ1) is 10.2. The molecule has 112 valence electrons. The molecule has 0 N–H and O–H groups in total. The molecule has 0 aromatic heterocycles. The number of carbonyl (C=O) groups excluding carboxylic acids is 3. The fourth-order valence-electron chi connectivity index (χ4n) is 2.10. The van der Waals surface area contributed by atoms with Crippen LogP contribution in [0.5, 0.6) is 0 Å². The molecule has 1 aliphatic rings. The number of unbranched alkanes of at least 4 members (excludes halogenated alkanes) is 1. The van der Waals surface area contributed by atoms with Crippen LogP contribution in [0.2, 0.25) is 0 Å². The number of hydrogen-bond donors (Lipinski definition) is 0. The Morgan fingerprint density at radius 3 is 2.86 bits per heavy atom. The standard InChI is InChI=1S/C15H17NO5/c17-9-5-4-8-13-14(18)21-11-16(13)15(19)20-10-12-6-2-1-3-7-12/h1-3,6-7,9,13H,4-5,8,10-11H2. The van der Waals surface area contributed by atoms with Crippen molar-refractivity contribution in [2.45, 2.75) is 31.9 Å². The summed E-state index contributed by atoms with van der Waals surface area (Å²) in [6, 6.07) is 8.62. The predicted octanol–water partition coefficient (Wildman–Crippen LogP) is 1.88. The Bertz CT molecular complexity index is 502. The minimum Gasteiger partial charge on any atom is -0.444 e. The van der Waals surface area contributed by atoms with Crippen molar-refractivity contribution < 1.29 is 23.9 Å². The van der Waals surface area contributed by atoms with Crippen molar-refractivity contribution in [2.24, 2.45) is 0 Å². The zero-order chi connectivity index (χ0) is 15.1. The quantitative estimate of drug-likeness (QED) is 0.454. The minimum absolute atomic E-state index is 0.0990. The Hall–Kier alpha value is -2.37. The third kappa shape index (κ3) is 4.05. The summed E-state index contributed by atoms with van der Waals surface area (Å²) >= 11 is 0. The van der Waals surface area contributed by atoms with Gasteiger partial charge in [-0.3, -0.25) is 4.90 Å². The van der Waals surface area contributed by atoms with Gasteiger partial charge in [-0.15, -0.1) is 0 Å². The average molecular weight is 291 g/mol. The number of ether oxygens (including phenoxy) is 2. The van der Waals surface area contributed by atoms with Gasteiger partial charge >= 0.3 is 12.1 Å². The van der Waals surface area contributed by atoms with Crippen molar-refractivity contribution in [2.75, 3.05) is 6.73 Å². The smallest absolute Gasteiger partial charge is 0.413 e. The summed E-state index contributed by atoms with van der Waals surface area (Å²) in [5.74, 6) is -0.447. The zero-order valence-corrected chi connectivity index (χ0v) is 11.6. The molecular formula is C15H17NO5. The molecular weight excluding hydrogens is 274 g/mol. The highest BCUT2D eigenvalue weighted by atomic mass is 16.6. The highest BCUT2D eigenvalue weighted by molar-refractivity contribution is 5.83. The van der Waals surface area contributed by atoms with E-state index in [1.807, 2.05) is 30.3 Å². The van der Waals surface area contributed by atoms with E-state index in [1.165, 1.54) is 4.90 Å². The van der Waals surface area contributed by atoms with Crippen molar-refractivity contribution in [3.8, 4) is 0 Å². The van der Waals surface area contributed by atoms with E-state index in [0.29, 0.717) is 19.3 Å². The van der Waals surface area contributed by atoms with Crippen LogP contribution in [0.25, 0.3) is 0 Å². The molecule has 1 aromatic carbocycles. The lowest BCUT2D eigenvalue weighted by Gasteiger charge is -2.19. The van der Waals surface area contributed by atoms with Crippen LogP contribution in [0.15, 0.2) is 30.3 Å². The molecule has 1 aliphatic heterocycles. The van der Waals surface area contributed by atoms with Gasteiger partial charge in [0.05, 0.1) is 0 Å². The Morgan fingerprint density at radius 2 is 2.14 bits per heavy atom. The fourth-order valence-corrected chi connectivity index (χ4v) is 2.10. The number of carbonyl (C=O) groups is 3. The largest absolute Gasteiger partial charge is 0.444 e. The summed E-state index contributed by atoms with van der Waals surface area (Å²) < 4.78 is 10.1. The van der Waals surface area contributed by atoms with Crippen molar-refractivity contribution in [1.82, 2.24) is 4.90 Å². The first-order valence-corrected chi connectivity index (χ1v) is 6.80. The van der Waals surface area contributed by atoms with Crippen LogP contribution in [-0.2, 0) is 25.7 Å². The summed E-state index contributed by atoms with van der Waals surface area (Å²) in [7, 11) is 0. The second kappa shape index (κ2) is 7.42. The Balaban J connectivity index is 1.87. The van der Waals surface area contributed by atoms with Crippen molar-refractivity contribution in [3.63, 3.8) is 0 Å². The van der Waals surface area contributed by atoms with E-state index in [0.717, 1.165) is 11.8 Å². The summed E-state index contributed by atoms with van der Waals surface area (Å²) in [5.41, 5.74) is 0.870. The highest BCUT2D eigenvalue weighted by Gasteiger charge is 2.38. The number of hydrogen-bond acceptors (Lipinski definition) is 5. The van der Waals surface area contributed by atoms with Crippen LogP contribution in [-0.4, -0.2) is 36.0 Å². The van der Waals surface area contributed by atoms with Gasteiger partial charge in [-0.2, -0.15) is 0 Å². The van der Waals surface area contributed by atoms with Gasteiger partial charge in [-0.1, -0.05) is 30.3 Å². The van der Waals surface area contributed by atoms with E-state index >= 15 is 0 Å². The molecule has 6 heteroatoms. The van der Waals surface area contributed by atoms with E-state index in [2.05, 4.69) is 0 Å². The molecule has 0 saturated carbocycles. The van der Waals surface area contributed by atoms with E-state index in [1.54, 1.807) is 0 Å². The first-order valence-electron chi connectivity index (χ1n) is 6.80. The molecule has 1 amide bonds. The number of aldehydes is 1. The molecule has 0 spiro atoms. The summed E-state index contributed by atoms with van der Waals surface area (Å²) in [4.78, 5) is 35.2. The number of cyclic esters (lactones) is 1. The van der Waals surface area contributed by atoms with Gasteiger partial charge in [0.2, 0.25) is 0 Å². The topological polar surface area (TPSA) is 72.9 Å². The number of amides is 1. The van der Waals surface area contributed by atoms with Crippen molar-refractivity contribution in [3.05, 3.63) is 35.9 Å². The summed E-state index contributed by atoms with van der Waals surface area (Å²) in [6.07, 6.45) is 1.50. The van der Waals surface area contributed by atoms with Gasteiger partial charge in [-0.05, 0) is 18.4 Å². The van der Waals surface area contributed by atoms with E-state index < -0.39 is 18.1 Å². The van der Waals surface area contributed by atoms with Crippen LogP contribution >= 0.6 is 0 Å². The molecule has 0 aliphatic carbocycles. The molecule has 1 unspecified atom stereocenters. The third-order valence-corrected chi connectivity index (χ3v) is 3.23. The predicted molar refractivity (Wildman–Crippen MR) is 73.1 cm³/mol. The number of esters is 1. The molecule has 2 rings (SSSR count). The number of nitrogens with zero attached hydrogens (tertiary/aromatic N) is 1. The van der Waals surface area contributed by atoms with E-state index in [9.17, 15) is 14.4 Å². The first kappa shape index (κ1) is 15.0. The molecule has 1 atom stereocenters. The van der Waals surface area contributed by atoms with Crippen LogP contribution in [0.3, 0.4) is 0 Å². The van der Waals surface area contributed by atoms with Crippen LogP contribution in [0.1, 0.15) is 24.8 Å². The Labute approximate surface area is 122 Å². The van der Waals surface area contributed by atoms with Crippen LogP contribution in [0.4, 0.5) is 4.79 Å². The van der Waals surface area contributed by atoms with E-state index in [4.69, 9.17) is 9.47 Å². The number of rotatable bonds is 6. The second-order valence-corrected chi connectivity index (χ2v) is 4.72. The third-order valence-electron chi connectivity index (χ3n) is 3.23. The average Bonchev–Trinajstić information content (AvgIpc) is 2.87. The van der Waals surface area contributed by atoms with Gasteiger partial charge in [0, 0.05) is 6.42 Å². The highest BCUT2D eigenvalue weighted by Crippen LogP contribution is 2.18. The van der Waals surface area contributed by atoms with Gasteiger partial charge in [0.25, 0.3) is 0 Å². The number of benzene rings is 1. The van der Waals surface area contributed by atoms with Gasteiger partial charge < -0.3 is 14.3 Å². The molecule has 6 nitrogen and oxygen atoms in total. The minimum atomic E-state index is -0.659. The monoisotopic (exact) mass is 291 g/mol. The molecule has 1 fully saturated rings. The van der Waals surface area contributed by atoms with Crippen molar-refractivity contribution in [1.29, 1.82) is 0 Å². The molecule has 0 radical (unpaired) electrons. The Kier molecular flexibility index (Phi) is 5.31. The lowest BCUT2D eigenvalue weighted by Crippen LogP contribution is -2.38. The normalized spacial score (nSPS) is 17.4. The van der Waals surface area contributed by atoms with Gasteiger partial charge in [0.15, 0.2) is 6.73 Å². The molecule has 1 saturated heterocycles. The zero-order valence-electron chi connectivity index (χ0n) is 11.6. The second-order valence-electron chi connectivity index (χ2n) is 4.72. The Morgan fingerprint density at radius 1 is 1.38 bits per heavy atom. The van der Waals surface area contributed by atoms with Crippen LogP contribution in [0, 0.1) is 0 Å². The maximum Gasteiger partial charge on any atom is 0.413 e. The lowest BCUT2D eigenvalue weighted by molar-refractivity contribution is -0.139. The molecule has 1 heterocycles. The maximum absolute atomic E-state index is 12.0. The molecule has 0 bridgehead atoms. The van der Waals surface area contributed by atoms with E-state index in [-0.39, 0.29) is 13.3 Å².